The molecule has 3 aromatic rings. The van der Waals surface area contributed by atoms with Crippen molar-refractivity contribution in [1.29, 1.82) is 0 Å². The SMILES string of the molecule is C=CC(=O)OCCCCOc1ccc(C(=O)Oc2ccc(C#Cc3ccc(OCCCCOC(=O)C=C)c(C(F)(F)F)c3C(F)(F)F)c(C(F)(F)F)c2C(F)(F)F)cc1. The first-order valence-corrected chi connectivity index (χ1v) is 16.8. The Morgan fingerprint density at radius 3 is 1.32 bits per heavy atom. The normalized spacial score (nSPS) is 11.8. The highest BCUT2D eigenvalue weighted by atomic mass is 19.4. The number of halogens is 12. The van der Waals surface area contributed by atoms with Crippen LogP contribution in [0, 0.1) is 11.8 Å². The zero-order valence-electron chi connectivity index (χ0n) is 30.1. The second kappa shape index (κ2) is 20.0. The molecular weight excluding hydrogens is 824 g/mol. The number of ether oxygens (including phenoxy) is 5. The number of benzene rings is 3. The van der Waals surface area contributed by atoms with E-state index in [1.165, 1.54) is 24.0 Å². The topological polar surface area (TPSA) is 97.4 Å². The maximum absolute atomic E-state index is 14.3. The first-order valence-electron chi connectivity index (χ1n) is 16.8. The molecule has 0 aliphatic carbocycles. The van der Waals surface area contributed by atoms with Gasteiger partial charge in [-0.3, -0.25) is 0 Å². The lowest BCUT2D eigenvalue weighted by Gasteiger charge is -2.21. The first-order chi connectivity index (χ1) is 27.5. The number of hydrogen-bond acceptors (Lipinski definition) is 8. The van der Waals surface area contributed by atoms with Gasteiger partial charge in [0.2, 0.25) is 0 Å². The molecule has 0 amide bonds. The number of unbranched alkanes of at least 4 members (excludes halogenated alkanes) is 2. The number of carbonyl (C=O) groups excluding carboxylic acids is 3. The third kappa shape index (κ3) is 13.7. The molecule has 0 bridgehead atoms. The van der Waals surface area contributed by atoms with Crippen LogP contribution in [0.15, 0.2) is 73.8 Å². The van der Waals surface area contributed by atoms with Gasteiger partial charge < -0.3 is 23.7 Å². The molecule has 20 heteroatoms. The van der Waals surface area contributed by atoms with Crippen LogP contribution in [0.2, 0.25) is 0 Å². The molecule has 0 atom stereocenters. The van der Waals surface area contributed by atoms with Crippen LogP contribution in [0.4, 0.5) is 52.7 Å². The molecule has 0 saturated carbocycles. The number of esters is 3. The van der Waals surface area contributed by atoms with Crippen molar-refractivity contribution in [3.05, 3.63) is 113 Å². The van der Waals surface area contributed by atoms with E-state index in [0.29, 0.717) is 25.0 Å². The molecule has 0 radical (unpaired) electrons. The highest BCUT2D eigenvalue weighted by Gasteiger charge is 2.49. The van der Waals surface area contributed by atoms with Gasteiger partial charge in [-0.05, 0) is 74.2 Å². The van der Waals surface area contributed by atoms with Gasteiger partial charge in [0.25, 0.3) is 0 Å². The van der Waals surface area contributed by atoms with E-state index in [4.69, 9.17) is 18.9 Å². The fraction of sp³-hybridized carbons (Fsp3) is 0.308. The molecule has 0 aliphatic rings. The van der Waals surface area contributed by atoms with Crippen molar-refractivity contribution in [2.45, 2.75) is 50.4 Å². The van der Waals surface area contributed by atoms with Crippen molar-refractivity contribution in [2.75, 3.05) is 26.4 Å². The predicted molar refractivity (Wildman–Crippen MR) is 182 cm³/mol. The number of hydrogen-bond donors (Lipinski definition) is 0. The standard InChI is InChI=1S/C39H30F12O8/c1-3-29(52)57-21-7-5-19-55-26-15-11-25(12-16-26)35(54)59-28-18-14-24(32(37(43,44)45)34(28)39(49,50)51)10-9-23-13-17-27(56-20-6-8-22-58-30(53)4-2)33(38(46,47)48)31(23)36(40,41)42/h3-4,11-18H,1-2,5-8,19-22H2. The largest absolute Gasteiger partial charge is 0.494 e. The lowest BCUT2D eigenvalue weighted by Crippen LogP contribution is -2.21. The number of alkyl halides is 12. The summed E-state index contributed by atoms with van der Waals surface area (Å²) in [6, 6.07) is 5.66. The molecule has 318 valence electrons. The van der Waals surface area contributed by atoms with Crippen molar-refractivity contribution < 1.29 is 90.8 Å². The predicted octanol–water partition coefficient (Wildman–Crippen LogP) is 10.2. The summed E-state index contributed by atoms with van der Waals surface area (Å²) in [5, 5.41) is 0. The van der Waals surface area contributed by atoms with Crippen LogP contribution >= 0.6 is 0 Å². The minimum Gasteiger partial charge on any atom is -0.494 e. The Balaban J connectivity index is 1.97. The first kappa shape index (κ1) is 47.2. The summed E-state index contributed by atoms with van der Waals surface area (Å²) >= 11 is 0. The molecule has 0 N–H and O–H groups in total. The molecule has 3 rings (SSSR count). The zero-order valence-corrected chi connectivity index (χ0v) is 30.1. The summed E-state index contributed by atoms with van der Waals surface area (Å²) in [5.41, 5.74) is -13.7. The molecule has 0 saturated heterocycles. The molecule has 0 spiro atoms. The van der Waals surface area contributed by atoms with Gasteiger partial charge in [0, 0.05) is 23.3 Å². The molecular formula is C39H30F12O8. The Labute approximate surface area is 327 Å². The van der Waals surface area contributed by atoms with Crippen LogP contribution in [0.1, 0.15) is 69.4 Å². The lowest BCUT2D eigenvalue weighted by atomic mass is 9.96. The highest BCUT2D eigenvalue weighted by Crippen LogP contribution is 2.48. The van der Waals surface area contributed by atoms with E-state index in [9.17, 15) is 67.1 Å². The summed E-state index contributed by atoms with van der Waals surface area (Å²) in [7, 11) is 0. The van der Waals surface area contributed by atoms with Gasteiger partial charge in [-0.2, -0.15) is 52.7 Å². The van der Waals surface area contributed by atoms with Gasteiger partial charge in [0.1, 0.15) is 28.4 Å². The highest BCUT2D eigenvalue weighted by molar-refractivity contribution is 5.91. The average molecular weight is 855 g/mol. The maximum Gasteiger partial charge on any atom is 0.420 e. The zero-order chi connectivity index (χ0) is 44.2. The second-order valence-corrected chi connectivity index (χ2v) is 11.7. The molecule has 0 unspecified atom stereocenters. The summed E-state index contributed by atoms with van der Waals surface area (Å²) in [6.45, 7) is 5.74. The van der Waals surface area contributed by atoms with Crippen LogP contribution in [0.25, 0.3) is 0 Å². The minimum absolute atomic E-state index is 0.0138. The quantitative estimate of drug-likeness (QED) is 0.0351. The van der Waals surface area contributed by atoms with Gasteiger partial charge in [-0.15, -0.1) is 0 Å². The number of carbonyl (C=O) groups is 3. The molecule has 0 aliphatic heterocycles. The van der Waals surface area contributed by atoms with Gasteiger partial charge >= 0.3 is 42.6 Å². The van der Waals surface area contributed by atoms with Crippen molar-refractivity contribution in [3.63, 3.8) is 0 Å². The van der Waals surface area contributed by atoms with E-state index < -0.39 is 99.7 Å². The van der Waals surface area contributed by atoms with Gasteiger partial charge in [0.05, 0.1) is 43.1 Å². The number of rotatable bonds is 16. The Morgan fingerprint density at radius 2 is 0.898 bits per heavy atom. The molecule has 0 fully saturated rings. The van der Waals surface area contributed by atoms with Crippen molar-refractivity contribution in [3.8, 4) is 29.1 Å². The van der Waals surface area contributed by atoms with Crippen LogP contribution < -0.4 is 14.2 Å². The lowest BCUT2D eigenvalue weighted by molar-refractivity contribution is -0.163. The summed E-state index contributed by atoms with van der Waals surface area (Å²) in [5.74, 6) is -2.86. The third-order valence-electron chi connectivity index (χ3n) is 7.52. The monoisotopic (exact) mass is 854 g/mol. The minimum atomic E-state index is -5.96. The molecule has 8 nitrogen and oxygen atoms in total. The van der Waals surface area contributed by atoms with Crippen LogP contribution in [0.5, 0.6) is 17.2 Å². The van der Waals surface area contributed by atoms with E-state index in [1.807, 2.05) is 0 Å². The third-order valence-corrected chi connectivity index (χ3v) is 7.52. The van der Waals surface area contributed by atoms with Crippen LogP contribution in [-0.2, 0) is 43.8 Å². The fourth-order valence-electron chi connectivity index (χ4n) is 4.96. The van der Waals surface area contributed by atoms with E-state index in [-0.39, 0.29) is 50.5 Å². The maximum atomic E-state index is 14.3. The summed E-state index contributed by atoms with van der Waals surface area (Å²) < 4.78 is 195. The van der Waals surface area contributed by atoms with E-state index >= 15 is 0 Å². The van der Waals surface area contributed by atoms with E-state index in [1.54, 1.807) is 0 Å². The smallest absolute Gasteiger partial charge is 0.420 e. The van der Waals surface area contributed by atoms with Crippen molar-refractivity contribution >= 4 is 17.9 Å². The molecule has 59 heavy (non-hydrogen) atoms. The Bertz CT molecular complexity index is 2050. The Hall–Kier alpha value is -6.13. The molecule has 3 aromatic carbocycles. The summed E-state index contributed by atoms with van der Waals surface area (Å²) in [4.78, 5) is 34.9. The van der Waals surface area contributed by atoms with E-state index in [0.717, 1.165) is 24.3 Å². The summed E-state index contributed by atoms with van der Waals surface area (Å²) in [6.07, 6.45) is -21.0. The van der Waals surface area contributed by atoms with Gasteiger partial charge in [0.15, 0.2) is 0 Å². The fourth-order valence-corrected chi connectivity index (χ4v) is 4.96. The Morgan fingerprint density at radius 1 is 0.508 bits per heavy atom. The molecule has 0 aromatic heterocycles. The molecule has 0 heterocycles. The van der Waals surface area contributed by atoms with Crippen LogP contribution in [-0.4, -0.2) is 44.3 Å². The van der Waals surface area contributed by atoms with Crippen LogP contribution in [0.3, 0.4) is 0 Å². The second-order valence-electron chi connectivity index (χ2n) is 11.7. The van der Waals surface area contributed by atoms with Crippen molar-refractivity contribution in [1.82, 2.24) is 0 Å². The average Bonchev–Trinajstić information content (AvgIpc) is 3.15. The van der Waals surface area contributed by atoms with Crippen molar-refractivity contribution in [2.24, 2.45) is 0 Å². The van der Waals surface area contributed by atoms with Gasteiger partial charge in [-0.1, -0.05) is 25.0 Å². The Kier molecular flexibility index (Phi) is 16.0. The van der Waals surface area contributed by atoms with E-state index in [2.05, 4.69) is 17.9 Å². The van der Waals surface area contributed by atoms with Gasteiger partial charge in [-0.25, -0.2) is 14.4 Å².